The van der Waals surface area contributed by atoms with Gasteiger partial charge in [-0.15, -0.1) is 0 Å². The summed E-state index contributed by atoms with van der Waals surface area (Å²) in [6, 6.07) is 6.35. The minimum Gasteiger partial charge on any atom is -0.484 e. The molecular weight excluding hydrogens is 404 g/mol. The first kappa shape index (κ1) is 24.0. The lowest BCUT2D eigenvalue weighted by atomic mass is 10.1. The third-order valence-corrected chi connectivity index (χ3v) is 5.92. The summed E-state index contributed by atoms with van der Waals surface area (Å²) in [5, 5.41) is 3.67. The number of aryl methyl sites for hydroxylation is 1. The Balaban J connectivity index is 1.57. The van der Waals surface area contributed by atoms with E-state index in [1.54, 1.807) is 4.90 Å². The molecule has 1 atom stereocenters. The predicted octanol–water partition coefficient (Wildman–Crippen LogP) is 4.63. The van der Waals surface area contributed by atoms with E-state index in [4.69, 9.17) is 9.47 Å². The Morgan fingerprint density at radius 2 is 2.06 bits per heavy atom. The summed E-state index contributed by atoms with van der Waals surface area (Å²) in [6.45, 7) is 9.47. The van der Waals surface area contributed by atoms with Gasteiger partial charge < -0.3 is 24.6 Å². The molecule has 0 aliphatic carbocycles. The standard InChI is InChI=1S/C25H38N4O3/c1-5-7-14-26-24-19(3)11-8-13-22(24)32-21-17-29(18-21)23(10-6-2)27-20-12-9-15-28(16-20)25(30)31-4/h8,10-11,13-14,20-21,27H,5-7,9,12,15-18H2,1-4H3/b23-10-,26-14?. The van der Waals surface area contributed by atoms with Gasteiger partial charge in [-0.3, -0.25) is 4.99 Å². The lowest BCUT2D eigenvalue weighted by Crippen LogP contribution is -2.57. The molecule has 2 aliphatic rings. The molecule has 1 unspecified atom stereocenters. The molecule has 0 bridgehead atoms. The highest BCUT2D eigenvalue weighted by molar-refractivity contribution is 5.69. The van der Waals surface area contributed by atoms with Crippen LogP contribution in [0.5, 0.6) is 5.75 Å². The van der Waals surface area contributed by atoms with E-state index >= 15 is 0 Å². The van der Waals surface area contributed by atoms with Gasteiger partial charge in [0.1, 0.15) is 17.5 Å². The summed E-state index contributed by atoms with van der Waals surface area (Å²) in [7, 11) is 1.44. The molecule has 3 rings (SSSR count). The first-order valence-electron chi connectivity index (χ1n) is 11.9. The number of nitrogens with one attached hydrogen (secondary N) is 1. The number of piperidine rings is 1. The third kappa shape index (κ3) is 6.17. The van der Waals surface area contributed by atoms with Crippen LogP contribution in [0.25, 0.3) is 0 Å². The second-order valence-corrected chi connectivity index (χ2v) is 8.56. The highest BCUT2D eigenvalue weighted by Gasteiger charge is 2.32. The minimum atomic E-state index is -0.245. The van der Waals surface area contributed by atoms with Crippen LogP contribution >= 0.6 is 0 Å². The van der Waals surface area contributed by atoms with Gasteiger partial charge in [-0.25, -0.2) is 4.79 Å². The van der Waals surface area contributed by atoms with E-state index in [0.29, 0.717) is 6.54 Å². The molecule has 1 aromatic rings. The molecule has 1 N–H and O–H groups in total. The van der Waals surface area contributed by atoms with E-state index in [2.05, 4.69) is 48.1 Å². The van der Waals surface area contributed by atoms with Crippen molar-refractivity contribution in [2.24, 2.45) is 4.99 Å². The lowest BCUT2D eigenvalue weighted by molar-refractivity contribution is 0.0359. The number of para-hydroxylation sites is 1. The fourth-order valence-corrected chi connectivity index (χ4v) is 4.14. The molecule has 2 heterocycles. The van der Waals surface area contributed by atoms with Gasteiger partial charge in [0.15, 0.2) is 0 Å². The summed E-state index contributed by atoms with van der Waals surface area (Å²) in [4.78, 5) is 20.7. The SMILES string of the molecule is CC/C=C(/NC1CCCN(C(=O)OC)C1)N1CC(Oc2cccc(C)c2N=CCCC)C1. The Hall–Kier alpha value is -2.70. The van der Waals surface area contributed by atoms with Crippen molar-refractivity contribution in [3.8, 4) is 5.75 Å². The van der Waals surface area contributed by atoms with Crippen molar-refractivity contribution in [1.82, 2.24) is 15.1 Å². The van der Waals surface area contributed by atoms with E-state index in [9.17, 15) is 4.79 Å². The first-order valence-corrected chi connectivity index (χ1v) is 11.9. The number of allylic oxidation sites excluding steroid dienone is 1. The van der Waals surface area contributed by atoms with Crippen molar-refractivity contribution in [1.29, 1.82) is 0 Å². The second-order valence-electron chi connectivity index (χ2n) is 8.56. The van der Waals surface area contributed by atoms with Crippen molar-refractivity contribution < 1.29 is 14.3 Å². The molecule has 7 nitrogen and oxygen atoms in total. The van der Waals surface area contributed by atoms with Crippen molar-refractivity contribution in [3.05, 3.63) is 35.7 Å². The molecule has 0 aromatic heterocycles. The zero-order valence-electron chi connectivity index (χ0n) is 20.0. The number of rotatable bonds is 9. The van der Waals surface area contributed by atoms with Gasteiger partial charge in [0, 0.05) is 25.3 Å². The number of methoxy groups -OCH3 is 1. The van der Waals surface area contributed by atoms with Crippen LogP contribution in [0.3, 0.4) is 0 Å². The van der Waals surface area contributed by atoms with E-state index in [0.717, 1.165) is 74.6 Å². The van der Waals surface area contributed by atoms with E-state index in [1.807, 2.05) is 18.3 Å². The molecule has 0 saturated carbocycles. The molecule has 2 fully saturated rings. The average molecular weight is 443 g/mol. The van der Waals surface area contributed by atoms with Crippen LogP contribution in [0.4, 0.5) is 10.5 Å². The van der Waals surface area contributed by atoms with Crippen LogP contribution in [0.1, 0.15) is 51.5 Å². The molecule has 1 amide bonds. The normalized spacial score (nSPS) is 19.8. The number of carbonyl (C=O) groups is 1. The van der Waals surface area contributed by atoms with Crippen molar-refractivity contribution >= 4 is 18.0 Å². The second kappa shape index (κ2) is 11.8. The number of unbranched alkanes of at least 4 members (excludes halogenated alkanes) is 1. The van der Waals surface area contributed by atoms with Gasteiger partial charge in [0.25, 0.3) is 0 Å². The van der Waals surface area contributed by atoms with Gasteiger partial charge in [0.05, 0.1) is 26.0 Å². The summed E-state index contributed by atoms with van der Waals surface area (Å²) in [5.41, 5.74) is 2.07. The fraction of sp³-hybridized carbons (Fsp3) is 0.600. The molecule has 2 saturated heterocycles. The number of carbonyl (C=O) groups excluding carboxylic acids is 1. The Kier molecular flexibility index (Phi) is 8.82. The van der Waals surface area contributed by atoms with Crippen LogP contribution in [0.2, 0.25) is 0 Å². The Labute approximate surface area is 192 Å². The van der Waals surface area contributed by atoms with Crippen LogP contribution in [0, 0.1) is 6.92 Å². The molecule has 2 aliphatic heterocycles. The van der Waals surface area contributed by atoms with Gasteiger partial charge in [-0.05, 0) is 50.3 Å². The minimum absolute atomic E-state index is 0.136. The number of hydrogen-bond donors (Lipinski definition) is 1. The quantitative estimate of drug-likeness (QED) is 0.565. The lowest BCUT2D eigenvalue weighted by Gasteiger charge is -2.44. The number of ether oxygens (including phenoxy) is 2. The number of amides is 1. The van der Waals surface area contributed by atoms with Crippen LogP contribution < -0.4 is 10.1 Å². The van der Waals surface area contributed by atoms with Crippen molar-refractivity contribution in [3.63, 3.8) is 0 Å². The van der Waals surface area contributed by atoms with Crippen LogP contribution in [-0.4, -0.2) is 67.5 Å². The Bertz CT molecular complexity index is 817. The molecule has 1 aromatic carbocycles. The molecular formula is C25H38N4O3. The van der Waals surface area contributed by atoms with E-state index in [1.165, 1.54) is 7.11 Å². The Morgan fingerprint density at radius 1 is 1.25 bits per heavy atom. The summed E-state index contributed by atoms with van der Waals surface area (Å²) < 4.78 is 11.2. The summed E-state index contributed by atoms with van der Waals surface area (Å²) in [6.07, 6.45) is 9.12. The van der Waals surface area contributed by atoms with E-state index < -0.39 is 0 Å². The smallest absolute Gasteiger partial charge is 0.409 e. The summed E-state index contributed by atoms with van der Waals surface area (Å²) in [5.74, 6) is 1.99. The monoisotopic (exact) mass is 442 g/mol. The third-order valence-electron chi connectivity index (χ3n) is 5.92. The maximum absolute atomic E-state index is 11.9. The molecule has 7 heteroatoms. The van der Waals surface area contributed by atoms with Crippen LogP contribution in [-0.2, 0) is 4.74 Å². The van der Waals surface area contributed by atoms with Gasteiger partial charge in [0.2, 0.25) is 0 Å². The largest absolute Gasteiger partial charge is 0.484 e. The maximum atomic E-state index is 11.9. The van der Waals surface area contributed by atoms with E-state index in [-0.39, 0.29) is 18.2 Å². The number of likely N-dealkylation sites (tertiary alicyclic amines) is 2. The van der Waals surface area contributed by atoms with Gasteiger partial charge in [-0.2, -0.15) is 0 Å². The fourth-order valence-electron chi connectivity index (χ4n) is 4.14. The first-order chi connectivity index (χ1) is 15.5. The number of nitrogens with zero attached hydrogens (tertiary/aromatic N) is 3. The summed E-state index contributed by atoms with van der Waals surface area (Å²) >= 11 is 0. The van der Waals surface area contributed by atoms with Crippen molar-refractivity contribution in [2.75, 3.05) is 33.3 Å². The van der Waals surface area contributed by atoms with Crippen LogP contribution in [0.15, 0.2) is 35.1 Å². The average Bonchev–Trinajstić information content (AvgIpc) is 2.77. The number of aliphatic imine (C=N–C) groups is 1. The van der Waals surface area contributed by atoms with Crippen molar-refractivity contribution in [2.45, 2.75) is 65.0 Å². The Morgan fingerprint density at radius 3 is 2.78 bits per heavy atom. The number of hydrogen-bond acceptors (Lipinski definition) is 6. The predicted molar refractivity (Wildman–Crippen MR) is 129 cm³/mol. The zero-order chi connectivity index (χ0) is 22.9. The topological polar surface area (TPSA) is 66.4 Å². The van der Waals surface area contributed by atoms with Gasteiger partial charge in [-0.1, -0.05) is 32.4 Å². The maximum Gasteiger partial charge on any atom is 0.409 e. The molecule has 0 radical (unpaired) electrons. The van der Waals surface area contributed by atoms with Gasteiger partial charge >= 0.3 is 6.09 Å². The molecule has 176 valence electrons. The zero-order valence-corrected chi connectivity index (χ0v) is 20.0. The highest BCUT2D eigenvalue weighted by atomic mass is 16.5. The molecule has 0 spiro atoms. The number of benzene rings is 1. The highest BCUT2D eigenvalue weighted by Crippen LogP contribution is 2.33. The molecule has 32 heavy (non-hydrogen) atoms.